The van der Waals surface area contributed by atoms with E-state index in [0.29, 0.717) is 63.8 Å². The third-order valence-electron chi connectivity index (χ3n) is 7.81. The van der Waals surface area contributed by atoms with E-state index in [1.165, 1.54) is 6.07 Å². The van der Waals surface area contributed by atoms with Crippen molar-refractivity contribution in [3.63, 3.8) is 0 Å². The number of aromatic nitrogens is 2. The number of alkyl halides is 3. The molecule has 2 aliphatic heterocycles. The first kappa shape index (κ1) is 34.9. The Morgan fingerprint density at radius 1 is 1.04 bits per heavy atom. The van der Waals surface area contributed by atoms with Crippen LogP contribution in [0.15, 0.2) is 30.3 Å². The number of rotatable bonds is 13. The number of ether oxygens (including phenoxy) is 1. The Labute approximate surface area is 264 Å². The fourth-order valence-electron chi connectivity index (χ4n) is 5.38. The van der Waals surface area contributed by atoms with E-state index in [-0.39, 0.29) is 43.2 Å². The zero-order valence-electron chi connectivity index (χ0n) is 25.0. The first-order valence-electron chi connectivity index (χ1n) is 14.9. The molecule has 1 aromatic heterocycles. The van der Waals surface area contributed by atoms with Gasteiger partial charge in [0.2, 0.25) is 17.6 Å². The van der Waals surface area contributed by atoms with Gasteiger partial charge in [0.1, 0.15) is 24.3 Å². The van der Waals surface area contributed by atoms with Gasteiger partial charge in [0.25, 0.3) is 10.1 Å². The Morgan fingerprint density at radius 3 is 2.39 bits per heavy atom. The molecule has 3 N–H and O–H groups in total. The number of halogens is 3. The topological polar surface area (TPSA) is 178 Å². The van der Waals surface area contributed by atoms with Crippen LogP contribution in [0.2, 0.25) is 0 Å². The molecule has 2 aliphatic rings. The number of nitriles is 1. The molecule has 13 nitrogen and oxygen atoms in total. The maximum absolute atomic E-state index is 13.9. The van der Waals surface area contributed by atoms with E-state index in [1.54, 1.807) is 21.9 Å². The summed E-state index contributed by atoms with van der Waals surface area (Å²) >= 11 is 0. The predicted octanol–water partition coefficient (Wildman–Crippen LogP) is 1.93. The second-order valence-corrected chi connectivity index (χ2v) is 12.8. The second-order valence-electron chi connectivity index (χ2n) is 11.2. The summed E-state index contributed by atoms with van der Waals surface area (Å²) in [6, 6.07) is 9.86. The first-order chi connectivity index (χ1) is 21.8. The van der Waals surface area contributed by atoms with Crippen LogP contribution >= 0.6 is 0 Å². The third-order valence-corrected chi connectivity index (χ3v) is 8.53. The lowest BCUT2D eigenvalue weighted by molar-refractivity contribution is -0.144. The molecule has 2 fully saturated rings. The fraction of sp³-hybridized carbons (Fsp3) is 0.552. The van der Waals surface area contributed by atoms with Crippen molar-refractivity contribution in [1.82, 2.24) is 20.6 Å². The van der Waals surface area contributed by atoms with Crippen molar-refractivity contribution < 1.29 is 40.5 Å². The van der Waals surface area contributed by atoms with E-state index in [0.717, 1.165) is 5.56 Å². The van der Waals surface area contributed by atoms with Crippen molar-refractivity contribution in [2.24, 2.45) is 5.92 Å². The Morgan fingerprint density at radius 2 is 1.74 bits per heavy atom. The maximum atomic E-state index is 13.9. The van der Waals surface area contributed by atoms with Gasteiger partial charge in [0.15, 0.2) is 0 Å². The van der Waals surface area contributed by atoms with Crippen molar-refractivity contribution in [1.29, 1.82) is 5.26 Å². The van der Waals surface area contributed by atoms with Gasteiger partial charge in [-0.05, 0) is 55.7 Å². The summed E-state index contributed by atoms with van der Waals surface area (Å²) in [7, 11) is -4.18. The maximum Gasteiger partial charge on any atom is 0.451 e. The Kier molecular flexibility index (Phi) is 11.8. The number of anilines is 2. The molecule has 2 amide bonds. The molecule has 1 atom stereocenters. The largest absolute Gasteiger partial charge is 0.451 e. The minimum atomic E-state index is -4.79. The number of carbonyl (C=O) groups is 2. The number of piperidine rings is 1. The molecule has 0 radical (unpaired) electrons. The molecule has 0 aliphatic carbocycles. The molecule has 3 heterocycles. The molecular formula is C29H36F3N7O6S. The van der Waals surface area contributed by atoms with Crippen LogP contribution in [-0.4, -0.2) is 92.5 Å². The number of benzene rings is 1. The zero-order valence-corrected chi connectivity index (χ0v) is 25.8. The summed E-state index contributed by atoms with van der Waals surface area (Å²) in [5, 5.41) is 14.1. The van der Waals surface area contributed by atoms with Gasteiger partial charge in [-0.1, -0.05) is 12.1 Å². The quantitative estimate of drug-likeness (QED) is 0.266. The van der Waals surface area contributed by atoms with Crippen LogP contribution in [0.4, 0.5) is 24.8 Å². The average Bonchev–Trinajstić information content (AvgIpc) is 3.51. The lowest BCUT2D eigenvalue weighted by Crippen LogP contribution is -2.44. The molecule has 250 valence electrons. The summed E-state index contributed by atoms with van der Waals surface area (Å²) in [6.45, 7) is 1.17. The van der Waals surface area contributed by atoms with E-state index in [4.69, 9.17) is 14.6 Å². The van der Waals surface area contributed by atoms with Gasteiger partial charge in [0.05, 0.1) is 24.0 Å². The van der Waals surface area contributed by atoms with Crippen LogP contribution in [0.25, 0.3) is 0 Å². The fourth-order valence-corrected chi connectivity index (χ4v) is 5.74. The second kappa shape index (κ2) is 15.5. The monoisotopic (exact) mass is 667 g/mol. The van der Waals surface area contributed by atoms with E-state index >= 15 is 0 Å². The molecule has 0 saturated carbocycles. The summed E-state index contributed by atoms with van der Waals surface area (Å²) in [5.74, 6) is -2.53. The normalized spacial score (nSPS) is 17.5. The van der Waals surface area contributed by atoms with E-state index < -0.39 is 39.8 Å². The molecule has 1 aromatic carbocycles. The highest BCUT2D eigenvalue weighted by Gasteiger charge is 2.39. The number of carbonyl (C=O) groups excluding carboxylic acids is 2. The molecule has 17 heteroatoms. The Hall–Kier alpha value is -4.01. The standard InChI is InChI=1S/C29H36F3N7O6S/c30-29(31,32)28-36-24(38-13-8-22(9-14-38)18-45-19-26(40)34-11-15-46(42,43)44)16-25(37-28)39-12-1-2-23(39)27(41)35-10-7-20-3-5-21(17-33)6-4-20/h3-6,16,22-23H,1-2,7-15,18-19H2,(H,34,40)(H,35,41)(H,42,43,44). The summed E-state index contributed by atoms with van der Waals surface area (Å²) in [4.78, 5) is 35.9. The average molecular weight is 668 g/mol. The Balaban J connectivity index is 1.33. The molecular weight excluding hydrogens is 631 g/mol. The number of amides is 2. The van der Waals surface area contributed by atoms with Gasteiger partial charge in [-0.2, -0.15) is 26.9 Å². The van der Waals surface area contributed by atoms with Crippen molar-refractivity contribution in [2.75, 3.05) is 61.5 Å². The van der Waals surface area contributed by atoms with E-state index in [2.05, 4.69) is 20.6 Å². The molecule has 0 spiro atoms. The molecule has 46 heavy (non-hydrogen) atoms. The van der Waals surface area contributed by atoms with Crippen LogP contribution in [0.5, 0.6) is 0 Å². The predicted molar refractivity (Wildman–Crippen MR) is 160 cm³/mol. The highest BCUT2D eigenvalue weighted by atomic mass is 32.2. The highest BCUT2D eigenvalue weighted by Crippen LogP contribution is 2.34. The molecule has 2 aromatic rings. The van der Waals surface area contributed by atoms with Gasteiger partial charge in [0, 0.05) is 38.8 Å². The van der Waals surface area contributed by atoms with Gasteiger partial charge < -0.3 is 25.2 Å². The van der Waals surface area contributed by atoms with Crippen LogP contribution in [0.3, 0.4) is 0 Å². The third kappa shape index (κ3) is 10.3. The van der Waals surface area contributed by atoms with Crippen molar-refractivity contribution >= 4 is 33.6 Å². The Bertz CT molecular complexity index is 1510. The van der Waals surface area contributed by atoms with E-state index in [1.807, 2.05) is 18.2 Å². The minimum Gasteiger partial charge on any atom is -0.371 e. The molecule has 4 rings (SSSR count). The van der Waals surface area contributed by atoms with Crippen LogP contribution in [0.1, 0.15) is 42.6 Å². The van der Waals surface area contributed by atoms with Crippen molar-refractivity contribution in [3.05, 3.63) is 47.3 Å². The van der Waals surface area contributed by atoms with Gasteiger partial charge in [-0.25, -0.2) is 9.97 Å². The summed E-state index contributed by atoms with van der Waals surface area (Å²) in [5.41, 5.74) is 1.47. The number of hydrogen-bond donors (Lipinski definition) is 3. The summed E-state index contributed by atoms with van der Waals surface area (Å²) < 4.78 is 77.3. The SMILES string of the molecule is N#Cc1ccc(CCNC(=O)C2CCCN2c2cc(N3CCC(COCC(=O)NCCS(=O)(=O)O)CC3)nc(C(F)(F)F)n2)cc1. The molecule has 1 unspecified atom stereocenters. The van der Waals surface area contributed by atoms with E-state index in [9.17, 15) is 31.2 Å². The van der Waals surface area contributed by atoms with Crippen LogP contribution < -0.4 is 20.4 Å². The number of nitrogens with zero attached hydrogens (tertiary/aromatic N) is 5. The minimum absolute atomic E-state index is 0.0348. The zero-order chi connectivity index (χ0) is 33.3. The smallest absolute Gasteiger partial charge is 0.371 e. The first-order valence-corrected chi connectivity index (χ1v) is 16.5. The van der Waals surface area contributed by atoms with Gasteiger partial charge >= 0.3 is 6.18 Å². The van der Waals surface area contributed by atoms with Crippen molar-refractivity contribution in [3.8, 4) is 6.07 Å². The van der Waals surface area contributed by atoms with Gasteiger partial charge in [-0.15, -0.1) is 0 Å². The molecule has 0 bridgehead atoms. The lowest BCUT2D eigenvalue weighted by Gasteiger charge is -2.33. The number of hydrogen-bond acceptors (Lipinski definition) is 10. The molecule has 2 saturated heterocycles. The number of nitrogens with one attached hydrogen (secondary N) is 2. The summed E-state index contributed by atoms with van der Waals surface area (Å²) in [6.07, 6.45) is -2.05. The van der Waals surface area contributed by atoms with Crippen molar-refractivity contribution in [2.45, 2.75) is 44.3 Å². The van der Waals surface area contributed by atoms with Crippen LogP contribution in [0, 0.1) is 17.2 Å². The van der Waals surface area contributed by atoms with Gasteiger partial charge in [-0.3, -0.25) is 14.1 Å². The lowest BCUT2D eigenvalue weighted by atomic mass is 9.98. The van der Waals surface area contributed by atoms with Crippen LogP contribution in [-0.2, 0) is 37.0 Å². The highest BCUT2D eigenvalue weighted by molar-refractivity contribution is 7.85.